The second-order valence-corrected chi connectivity index (χ2v) is 4.12. The van der Waals surface area contributed by atoms with Gasteiger partial charge in [-0.2, -0.15) is 9.61 Å². The van der Waals surface area contributed by atoms with Crippen molar-refractivity contribution in [1.29, 1.82) is 0 Å². The first-order valence-electron chi connectivity index (χ1n) is 6.06. The van der Waals surface area contributed by atoms with E-state index in [9.17, 15) is 0 Å². The first-order chi connectivity index (χ1) is 8.31. The van der Waals surface area contributed by atoms with Gasteiger partial charge in [0.25, 0.3) is 0 Å². The molecule has 0 amide bonds. The Hall–Kier alpha value is -1.62. The molecule has 0 radical (unpaired) electrons. The first kappa shape index (κ1) is 11.9. The predicted molar refractivity (Wildman–Crippen MR) is 69.4 cm³/mol. The van der Waals surface area contributed by atoms with Crippen molar-refractivity contribution in [1.82, 2.24) is 19.9 Å². The Kier molecular flexibility index (Phi) is 3.93. The average molecular weight is 233 g/mol. The summed E-state index contributed by atoms with van der Waals surface area (Å²) in [7, 11) is 0. The molecule has 2 aromatic heterocycles. The van der Waals surface area contributed by atoms with Gasteiger partial charge in [0.15, 0.2) is 5.65 Å². The SMILES string of the molecule is CCCNCCNc1cc(C)cc2ncnn12. The van der Waals surface area contributed by atoms with Crippen LogP contribution >= 0.6 is 0 Å². The molecule has 0 aliphatic carbocycles. The van der Waals surface area contributed by atoms with Crippen LogP contribution in [0.25, 0.3) is 5.65 Å². The summed E-state index contributed by atoms with van der Waals surface area (Å²) >= 11 is 0. The molecule has 2 rings (SSSR count). The predicted octanol–water partition coefficient (Wildman–Crippen LogP) is 1.45. The molecular weight excluding hydrogens is 214 g/mol. The monoisotopic (exact) mass is 233 g/mol. The minimum Gasteiger partial charge on any atom is -0.369 e. The zero-order valence-electron chi connectivity index (χ0n) is 10.4. The highest BCUT2D eigenvalue weighted by Crippen LogP contribution is 2.12. The molecule has 0 atom stereocenters. The number of aromatic nitrogens is 3. The lowest BCUT2D eigenvalue weighted by molar-refractivity contribution is 0.686. The van der Waals surface area contributed by atoms with Gasteiger partial charge in [-0.3, -0.25) is 0 Å². The number of aryl methyl sites for hydroxylation is 1. The molecule has 0 aliphatic heterocycles. The summed E-state index contributed by atoms with van der Waals surface area (Å²) in [6, 6.07) is 4.11. The van der Waals surface area contributed by atoms with Crippen molar-refractivity contribution in [3.05, 3.63) is 24.0 Å². The van der Waals surface area contributed by atoms with Crippen molar-refractivity contribution in [2.75, 3.05) is 25.0 Å². The summed E-state index contributed by atoms with van der Waals surface area (Å²) in [6.45, 7) is 7.14. The maximum atomic E-state index is 4.20. The highest BCUT2D eigenvalue weighted by atomic mass is 15.3. The Morgan fingerprint density at radius 3 is 2.94 bits per heavy atom. The summed E-state index contributed by atoms with van der Waals surface area (Å²) in [6.07, 6.45) is 2.74. The fourth-order valence-electron chi connectivity index (χ4n) is 1.76. The second kappa shape index (κ2) is 5.63. The van der Waals surface area contributed by atoms with E-state index in [0.29, 0.717) is 0 Å². The summed E-state index contributed by atoms with van der Waals surface area (Å²) in [5.41, 5.74) is 2.07. The molecule has 0 unspecified atom stereocenters. The van der Waals surface area contributed by atoms with Crippen LogP contribution < -0.4 is 10.6 Å². The van der Waals surface area contributed by atoms with Crippen LogP contribution in [0.15, 0.2) is 18.5 Å². The third-order valence-electron chi connectivity index (χ3n) is 2.56. The number of nitrogens with zero attached hydrogens (tertiary/aromatic N) is 3. The molecule has 0 fully saturated rings. The number of nitrogens with one attached hydrogen (secondary N) is 2. The van der Waals surface area contributed by atoms with Crippen molar-refractivity contribution in [2.24, 2.45) is 0 Å². The van der Waals surface area contributed by atoms with Crippen LogP contribution in [0.5, 0.6) is 0 Å². The van der Waals surface area contributed by atoms with Crippen LogP contribution in [-0.4, -0.2) is 34.2 Å². The molecule has 5 nitrogen and oxygen atoms in total. The number of fused-ring (bicyclic) bond motifs is 1. The van der Waals surface area contributed by atoms with Gasteiger partial charge in [0, 0.05) is 13.1 Å². The fourth-order valence-corrected chi connectivity index (χ4v) is 1.76. The standard InChI is InChI=1S/C12H19N5/c1-3-4-13-5-6-14-11-7-10(2)8-12-15-9-16-17(11)12/h7-9,13-14H,3-6H2,1-2H3. The van der Waals surface area contributed by atoms with Crippen LogP contribution in [0, 0.1) is 6.92 Å². The van der Waals surface area contributed by atoms with Gasteiger partial charge in [0.2, 0.25) is 0 Å². The second-order valence-electron chi connectivity index (χ2n) is 4.12. The number of hydrogen-bond acceptors (Lipinski definition) is 4. The third-order valence-corrected chi connectivity index (χ3v) is 2.56. The van der Waals surface area contributed by atoms with E-state index in [-0.39, 0.29) is 0 Å². The summed E-state index contributed by atoms with van der Waals surface area (Å²) in [4.78, 5) is 4.19. The van der Waals surface area contributed by atoms with Crippen molar-refractivity contribution >= 4 is 11.5 Å². The number of rotatable bonds is 6. The maximum absolute atomic E-state index is 4.20. The van der Waals surface area contributed by atoms with Crippen LogP contribution in [0.4, 0.5) is 5.82 Å². The molecule has 2 N–H and O–H groups in total. The molecule has 17 heavy (non-hydrogen) atoms. The van der Waals surface area contributed by atoms with E-state index in [0.717, 1.165) is 37.5 Å². The molecule has 0 bridgehead atoms. The van der Waals surface area contributed by atoms with Crippen molar-refractivity contribution < 1.29 is 0 Å². The van der Waals surface area contributed by atoms with Crippen molar-refractivity contribution in [3.63, 3.8) is 0 Å². The van der Waals surface area contributed by atoms with E-state index in [2.05, 4.69) is 40.6 Å². The molecule has 0 aliphatic rings. The molecular formula is C12H19N5. The molecule has 0 spiro atoms. The fraction of sp³-hybridized carbons (Fsp3) is 0.500. The van der Waals surface area contributed by atoms with Crippen LogP contribution in [0.1, 0.15) is 18.9 Å². The smallest absolute Gasteiger partial charge is 0.157 e. The van der Waals surface area contributed by atoms with Gasteiger partial charge < -0.3 is 10.6 Å². The van der Waals surface area contributed by atoms with Crippen LogP contribution in [0.3, 0.4) is 0 Å². The summed E-state index contributed by atoms with van der Waals surface area (Å²) in [5, 5.41) is 10.9. The summed E-state index contributed by atoms with van der Waals surface area (Å²) < 4.78 is 1.83. The number of pyridine rings is 1. The zero-order valence-corrected chi connectivity index (χ0v) is 10.4. The van der Waals surface area contributed by atoms with Gasteiger partial charge in [-0.1, -0.05) is 6.92 Å². The van der Waals surface area contributed by atoms with E-state index in [4.69, 9.17) is 0 Å². The number of hydrogen-bond donors (Lipinski definition) is 2. The van der Waals surface area contributed by atoms with E-state index in [1.165, 1.54) is 5.56 Å². The summed E-state index contributed by atoms with van der Waals surface area (Å²) in [5.74, 6) is 0.996. The van der Waals surface area contributed by atoms with Gasteiger partial charge in [0.1, 0.15) is 12.1 Å². The molecule has 2 heterocycles. The van der Waals surface area contributed by atoms with Gasteiger partial charge in [-0.25, -0.2) is 4.98 Å². The van der Waals surface area contributed by atoms with Crippen LogP contribution in [0.2, 0.25) is 0 Å². The Labute approximate surface area is 101 Å². The average Bonchev–Trinajstić information content (AvgIpc) is 2.76. The zero-order chi connectivity index (χ0) is 12.1. The molecule has 2 aromatic rings. The Balaban J connectivity index is 2.00. The third kappa shape index (κ3) is 2.94. The number of anilines is 1. The lowest BCUT2D eigenvalue weighted by Gasteiger charge is -2.09. The Morgan fingerprint density at radius 2 is 2.12 bits per heavy atom. The Bertz CT molecular complexity index is 477. The molecule has 0 aromatic carbocycles. The molecule has 0 saturated carbocycles. The highest BCUT2D eigenvalue weighted by Gasteiger charge is 2.02. The van der Waals surface area contributed by atoms with Gasteiger partial charge in [-0.05, 0) is 37.6 Å². The topological polar surface area (TPSA) is 54.2 Å². The lowest BCUT2D eigenvalue weighted by Crippen LogP contribution is -2.23. The van der Waals surface area contributed by atoms with Crippen molar-refractivity contribution in [3.8, 4) is 0 Å². The normalized spacial score (nSPS) is 10.9. The lowest BCUT2D eigenvalue weighted by atomic mass is 10.3. The first-order valence-corrected chi connectivity index (χ1v) is 6.06. The van der Waals surface area contributed by atoms with Crippen molar-refractivity contribution in [2.45, 2.75) is 20.3 Å². The van der Waals surface area contributed by atoms with Crippen LogP contribution in [-0.2, 0) is 0 Å². The minimum absolute atomic E-state index is 0.883. The quantitative estimate of drug-likeness (QED) is 0.741. The van der Waals surface area contributed by atoms with E-state index in [1.807, 2.05) is 10.6 Å². The molecule has 92 valence electrons. The van der Waals surface area contributed by atoms with E-state index in [1.54, 1.807) is 6.33 Å². The van der Waals surface area contributed by atoms with E-state index < -0.39 is 0 Å². The Morgan fingerprint density at radius 1 is 1.24 bits per heavy atom. The minimum atomic E-state index is 0.883. The maximum Gasteiger partial charge on any atom is 0.157 e. The van der Waals surface area contributed by atoms with Gasteiger partial charge >= 0.3 is 0 Å². The molecule has 5 heteroatoms. The van der Waals surface area contributed by atoms with Gasteiger partial charge in [-0.15, -0.1) is 0 Å². The van der Waals surface area contributed by atoms with E-state index >= 15 is 0 Å². The molecule has 0 saturated heterocycles. The largest absolute Gasteiger partial charge is 0.369 e. The highest BCUT2D eigenvalue weighted by molar-refractivity contribution is 5.51. The van der Waals surface area contributed by atoms with Gasteiger partial charge in [0.05, 0.1) is 0 Å².